The van der Waals surface area contributed by atoms with E-state index in [0.717, 1.165) is 9.87 Å². The second kappa shape index (κ2) is 8.23. The number of hydrogen-bond acceptors (Lipinski definition) is 3. The van der Waals surface area contributed by atoms with Crippen molar-refractivity contribution in [1.29, 1.82) is 0 Å². The van der Waals surface area contributed by atoms with Gasteiger partial charge in [-0.25, -0.2) is 12.8 Å². The van der Waals surface area contributed by atoms with Crippen LogP contribution in [0.5, 0.6) is 0 Å². The molecule has 3 rings (SSSR count). The summed E-state index contributed by atoms with van der Waals surface area (Å²) in [6.45, 7) is 1.82. The lowest BCUT2D eigenvalue weighted by Gasteiger charge is -2.20. The molecule has 1 amide bonds. The van der Waals surface area contributed by atoms with E-state index in [2.05, 4.69) is 5.32 Å². The second-order valence-corrected chi connectivity index (χ2v) is 8.77. The number of amides is 1. The summed E-state index contributed by atoms with van der Waals surface area (Å²) in [5, 5.41) is 3.19. The molecular formula is C21H18ClFN2O3S. The third-order valence-corrected chi connectivity index (χ3v) is 6.40. The largest absolute Gasteiger partial charge is 0.322 e. The van der Waals surface area contributed by atoms with Crippen molar-refractivity contribution in [2.45, 2.75) is 11.8 Å². The monoisotopic (exact) mass is 432 g/mol. The molecule has 0 fully saturated rings. The quantitative estimate of drug-likeness (QED) is 0.625. The molecule has 8 heteroatoms. The molecule has 29 heavy (non-hydrogen) atoms. The normalized spacial score (nSPS) is 11.2. The lowest BCUT2D eigenvalue weighted by Crippen LogP contribution is -2.27. The van der Waals surface area contributed by atoms with Crippen LogP contribution in [0.15, 0.2) is 71.6 Å². The number of halogens is 2. The van der Waals surface area contributed by atoms with E-state index < -0.39 is 21.7 Å². The fourth-order valence-electron chi connectivity index (χ4n) is 2.72. The molecule has 0 unspecified atom stereocenters. The predicted octanol–water partition coefficient (Wildman–Crippen LogP) is 4.86. The summed E-state index contributed by atoms with van der Waals surface area (Å²) in [5.74, 6) is -1.15. The topological polar surface area (TPSA) is 66.5 Å². The van der Waals surface area contributed by atoms with Gasteiger partial charge in [0.2, 0.25) is 0 Å². The van der Waals surface area contributed by atoms with Gasteiger partial charge in [0.25, 0.3) is 15.9 Å². The van der Waals surface area contributed by atoms with Crippen molar-refractivity contribution in [1.82, 2.24) is 0 Å². The first-order valence-corrected chi connectivity index (χ1v) is 10.4. The van der Waals surface area contributed by atoms with Gasteiger partial charge in [-0.15, -0.1) is 0 Å². The number of para-hydroxylation sites is 1. The van der Waals surface area contributed by atoms with Gasteiger partial charge >= 0.3 is 0 Å². The van der Waals surface area contributed by atoms with Crippen LogP contribution in [0.4, 0.5) is 15.8 Å². The lowest BCUT2D eigenvalue weighted by atomic mass is 10.1. The van der Waals surface area contributed by atoms with Crippen LogP contribution < -0.4 is 9.62 Å². The number of carbonyl (C=O) groups is 1. The van der Waals surface area contributed by atoms with Crippen LogP contribution in [0, 0.1) is 12.7 Å². The van der Waals surface area contributed by atoms with Gasteiger partial charge in [-0.1, -0.05) is 35.9 Å². The van der Waals surface area contributed by atoms with Crippen LogP contribution >= 0.6 is 11.6 Å². The molecule has 5 nitrogen and oxygen atoms in total. The van der Waals surface area contributed by atoms with Gasteiger partial charge in [0.15, 0.2) is 0 Å². The number of anilines is 2. The van der Waals surface area contributed by atoms with Crippen molar-refractivity contribution in [3.05, 3.63) is 88.7 Å². The van der Waals surface area contributed by atoms with E-state index in [4.69, 9.17) is 11.6 Å². The number of rotatable bonds is 5. The molecule has 0 saturated carbocycles. The number of sulfonamides is 1. The highest BCUT2D eigenvalue weighted by atomic mass is 35.5. The van der Waals surface area contributed by atoms with Crippen LogP contribution in [0.3, 0.4) is 0 Å². The molecule has 0 atom stereocenters. The zero-order chi connectivity index (χ0) is 21.2. The summed E-state index contributed by atoms with van der Waals surface area (Å²) in [7, 11) is -2.81. The van der Waals surface area contributed by atoms with Gasteiger partial charge in [-0.2, -0.15) is 0 Å². The highest BCUT2D eigenvalue weighted by Crippen LogP contribution is 2.26. The van der Waals surface area contributed by atoms with Crippen LogP contribution in [0.1, 0.15) is 15.9 Å². The van der Waals surface area contributed by atoms with E-state index in [1.807, 2.05) is 6.92 Å². The SMILES string of the molecule is Cc1ccc(Cl)cc1NC(=O)c1cccc(S(=O)(=O)N(C)c2ccccc2F)c1. The van der Waals surface area contributed by atoms with Gasteiger partial charge in [-0.3, -0.25) is 9.10 Å². The molecule has 0 aliphatic carbocycles. The maximum Gasteiger partial charge on any atom is 0.264 e. The van der Waals surface area contributed by atoms with E-state index in [1.165, 1.54) is 49.5 Å². The summed E-state index contributed by atoms with van der Waals surface area (Å²) in [4.78, 5) is 12.5. The molecule has 0 aromatic heterocycles. The minimum absolute atomic E-state index is 0.0862. The number of benzene rings is 3. The maximum absolute atomic E-state index is 14.0. The molecule has 3 aromatic carbocycles. The van der Waals surface area contributed by atoms with E-state index >= 15 is 0 Å². The Hall–Kier alpha value is -2.90. The predicted molar refractivity (Wildman–Crippen MR) is 113 cm³/mol. The molecule has 0 aliphatic rings. The van der Waals surface area contributed by atoms with E-state index in [9.17, 15) is 17.6 Å². The van der Waals surface area contributed by atoms with E-state index in [-0.39, 0.29) is 16.1 Å². The van der Waals surface area contributed by atoms with Crippen molar-refractivity contribution in [3.63, 3.8) is 0 Å². The third kappa shape index (κ3) is 4.41. The number of nitrogens with zero attached hydrogens (tertiary/aromatic N) is 1. The first kappa shape index (κ1) is 20.8. The lowest BCUT2D eigenvalue weighted by molar-refractivity contribution is 0.102. The Morgan fingerprint density at radius 1 is 1.03 bits per heavy atom. The van der Waals surface area contributed by atoms with Gasteiger partial charge in [0.1, 0.15) is 5.82 Å². The van der Waals surface area contributed by atoms with Gasteiger partial charge in [0.05, 0.1) is 10.6 Å². The van der Waals surface area contributed by atoms with Crippen molar-refractivity contribution in [2.75, 3.05) is 16.7 Å². The molecule has 150 valence electrons. The number of aryl methyl sites for hydroxylation is 1. The van der Waals surface area contributed by atoms with E-state index in [0.29, 0.717) is 10.7 Å². The van der Waals surface area contributed by atoms with Crippen molar-refractivity contribution >= 4 is 38.9 Å². The highest BCUT2D eigenvalue weighted by molar-refractivity contribution is 7.92. The number of hydrogen-bond donors (Lipinski definition) is 1. The summed E-state index contributed by atoms with van der Waals surface area (Å²) in [6.07, 6.45) is 0. The standard InChI is InChI=1S/C21H18ClFN2O3S/c1-14-10-11-16(22)13-19(14)24-21(26)15-6-5-7-17(12-15)29(27,28)25(2)20-9-4-3-8-18(20)23/h3-13H,1-2H3,(H,24,26). The summed E-state index contributed by atoms with van der Waals surface area (Å²) >= 11 is 5.97. The van der Waals surface area contributed by atoms with E-state index in [1.54, 1.807) is 24.3 Å². The molecule has 0 bridgehead atoms. The Labute approximate surface area is 173 Å². The zero-order valence-corrected chi connectivity index (χ0v) is 17.3. The first-order chi connectivity index (χ1) is 13.7. The smallest absolute Gasteiger partial charge is 0.264 e. The molecule has 0 heterocycles. The highest BCUT2D eigenvalue weighted by Gasteiger charge is 2.24. The molecule has 0 aliphatic heterocycles. The minimum Gasteiger partial charge on any atom is -0.322 e. The van der Waals surface area contributed by atoms with Crippen LogP contribution in [0.2, 0.25) is 5.02 Å². The Kier molecular flexibility index (Phi) is 5.91. The van der Waals surface area contributed by atoms with Gasteiger partial charge in [-0.05, 0) is 55.0 Å². The fourth-order valence-corrected chi connectivity index (χ4v) is 4.14. The third-order valence-electron chi connectivity index (χ3n) is 4.39. The second-order valence-electron chi connectivity index (χ2n) is 6.37. The van der Waals surface area contributed by atoms with Crippen molar-refractivity contribution in [2.24, 2.45) is 0 Å². The average Bonchev–Trinajstić information content (AvgIpc) is 2.70. The number of carbonyl (C=O) groups excluding carboxylic acids is 1. The molecule has 1 N–H and O–H groups in total. The molecule has 0 spiro atoms. The zero-order valence-electron chi connectivity index (χ0n) is 15.7. The molecular weight excluding hydrogens is 415 g/mol. The van der Waals surface area contributed by atoms with Crippen LogP contribution in [-0.4, -0.2) is 21.4 Å². The molecule has 3 aromatic rings. The Balaban J connectivity index is 1.91. The Morgan fingerprint density at radius 3 is 2.48 bits per heavy atom. The first-order valence-electron chi connectivity index (χ1n) is 8.61. The van der Waals surface area contributed by atoms with Gasteiger partial charge in [0, 0.05) is 23.3 Å². The summed E-state index contributed by atoms with van der Waals surface area (Å²) in [5.41, 5.74) is 1.40. The molecule has 0 radical (unpaired) electrons. The Morgan fingerprint density at radius 2 is 1.76 bits per heavy atom. The van der Waals surface area contributed by atoms with Crippen molar-refractivity contribution < 1.29 is 17.6 Å². The number of nitrogens with one attached hydrogen (secondary N) is 1. The minimum atomic E-state index is -4.07. The Bertz CT molecular complexity index is 1180. The summed E-state index contributed by atoms with van der Waals surface area (Å²) < 4.78 is 40.7. The maximum atomic E-state index is 14.0. The van der Waals surface area contributed by atoms with Crippen molar-refractivity contribution in [3.8, 4) is 0 Å². The van der Waals surface area contributed by atoms with Crippen LogP contribution in [-0.2, 0) is 10.0 Å². The molecule has 0 saturated heterocycles. The fraction of sp³-hybridized carbons (Fsp3) is 0.0952. The average molecular weight is 433 g/mol. The summed E-state index contributed by atoms with van der Waals surface area (Å²) in [6, 6.07) is 16.2. The van der Waals surface area contributed by atoms with Crippen LogP contribution in [0.25, 0.3) is 0 Å². The van der Waals surface area contributed by atoms with Gasteiger partial charge < -0.3 is 5.32 Å².